The van der Waals surface area contributed by atoms with Crippen LogP contribution in [0.1, 0.15) is 27.7 Å². The van der Waals surface area contributed by atoms with Crippen molar-refractivity contribution in [2.75, 3.05) is 18.4 Å². The van der Waals surface area contributed by atoms with Crippen molar-refractivity contribution >= 4 is 11.8 Å². The van der Waals surface area contributed by atoms with Gasteiger partial charge < -0.3 is 15.0 Å². The van der Waals surface area contributed by atoms with Gasteiger partial charge in [-0.15, -0.1) is 0 Å². The maximum Gasteiger partial charge on any atom is 0.410 e. The van der Waals surface area contributed by atoms with Gasteiger partial charge in [0.15, 0.2) is 0 Å². The summed E-state index contributed by atoms with van der Waals surface area (Å²) < 4.78 is 5.34. The van der Waals surface area contributed by atoms with Crippen LogP contribution in [0.15, 0.2) is 30.3 Å². The molecule has 19 heavy (non-hydrogen) atoms. The van der Waals surface area contributed by atoms with E-state index in [-0.39, 0.29) is 11.6 Å². The standard InChI is InChI=1S/C15H22N2O2/c1-14(2,3)19-13(18)17-10-15(4,11-17)16-12-8-6-5-7-9-12/h5-9,16H,10-11H2,1-4H3. The van der Waals surface area contributed by atoms with Crippen LogP contribution in [-0.4, -0.2) is 35.2 Å². The zero-order valence-electron chi connectivity index (χ0n) is 12.1. The number of para-hydroxylation sites is 1. The SMILES string of the molecule is CC1(Nc2ccccc2)CN(C(=O)OC(C)(C)C)C1. The molecule has 1 amide bonds. The van der Waals surface area contributed by atoms with Gasteiger partial charge in [-0.2, -0.15) is 0 Å². The van der Waals surface area contributed by atoms with E-state index < -0.39 is 5.60 Å². The zero-order chi connectivity index (χ0) is 14.1. The molecule has 1 aliphatic heterocycles. The number of amides is 1. The van der Waals surface area contributed by atoms with Gasteiger partial charge in [0.1, 0.15) is 5.60 Å². The molecule has 1 N–H and O–H groups in total. The molecule has 4 heteroatoms. The molecule has 104 valence electrons. The molecule has 4 nitrogen and oxygen atoms in total. The number of rotatable bonds is 2. The zero-order valence-corrected chi connectivity index (χ0v) is 12.1. The number of hydrogen-bond donors (Lipinski definition) is 1. The molecule has 2 rings (SSSR count). The summed E-state index contributed by atoms with van der Waals surface area (Å²) in [4.78, 5) is 13.6. The van der Waals surface area contributed by atoms with Crippen molar-refractivity contribution in [1.29, 1.82) is 0 Å². The van der Waals surface area contributed by atoms with Gasteiger partial charge in [0.25, 0.3) is 0 Å². The number of benzene rings is 1. The third-order valence-electron chi connectivity index (χ3n) is 2.95. The second-order valence-corrected chi connectivity index (χ2v) is 6.39. The minimum absolute atomic E-state index is 0.0712. The Kier molecular flexibility index (Phi) is 3.43. The van der Waals surface area contributed by atoms with Crippen LogP contribution in [0.2, 0.25) is 0 Å². The van der Waals surface area contributed by atoms with E-state index in [1.807, 2.05) is 51.1 Å². The Labute approximate surface area is 114 Å². The Hall–Kier alpha value is -1.71. The highest BCUT2D eigenvalue weighted by molar-refractivity contribution is 5.70. The summed E-state index contributed by atoms with van der Waals surface area (Å²) in [5.41, 5.74) is 0.572. The van der Waals surface area contributed by atoms with E-state index in [2.05, 4.69) is 12.2 Å². The van der Waals surface area contributed by atoms with Crippen LogP contribution in [-0.2, 0) is 4.74 Å². The minimum atomic E-state index is -0.435. The lowest BCUT2D eigenvalue weighted by molar-refractivity contribution is -0.00123. The monoisotopic (exact) mass is 262 g/mol. The summed E-state index contributed by atoms with van der Waals surface area (Å²) >= 11 is 0. The van der Waals surface area contributed by atoms with E-state index in [1.54, 1.807) is 4.90 Å². The minimum Gasteiger partial charge on any atom is -0.444 e. The number of anilines is 1. The summed E-state index contributed by atoms with van der Waals surface area (Å²) in [6.45, 7) is 9.08. The first kappa shape index (κ1) is 13.7. The summed E-state index contributed by atoms with van der Waals surface area (Å²) in [5.74, 6) is 0. The number of carbonyl (C=O) groups is 1. The van der Waals surface area contributed by atoms with E-state index in [0.717, 1.165) is 5.69 Å². The molecule has 1 fully saturated rings. The van der Waals surface area contributed by atoms with Crippen LogP contribution in [0.5, 0.6) is 0 Å². The second-order valence-electron chi connectivity index (χ2n) is 6.39. The van der Waals surface area contributed by atoms with Gasteiger partial charge in [-0.05, 0) is 39.8 Å². The van der Waals surface area contributed by atoms with E-state index in [0.29, 0.717) is 13.1 Å². The van der Waals surface area contributed by atoms with Crippen molar-refractivity contribution in [3.05, 3.63) is 30.3 Å². The fourth-order valence-electron chi connectivity index (χ4n) is 2.20. The highest BCUT2D eigenvalue weighted by atomic mass is 16.6. The quantitative estimate of drug-likeness (QED) is 0.890. The Morgan fingerprint density at radius 1 is 1.26 bits per heavy atom. The summed E-state index contributed by atoms with van der Waals surface area (Å²) in [7, 11) is 0. The molecule has 0 aromatic heterocycles. The first-order valence-corrected chi connectivity index (χ1v) is 6.59. The molecular formula is C15H22N2O2. The molecule has 0 radical (unpaired) electrons. The summed E-state index contributed by atoms with van der Waals surface area (Å²) in [6.07, 6.45) is -0.236. The fourth-order valence-corrected chi connectivity index (χ4v) is 2.20. The molecule has 0 atom stereocenters. The number of hydrogen-bond acceptors (Lipinski definition) is 3. The van der Waals surface area contributed by atoms with Crippen molar-refractivity contribution in [2.24, 2.45) is 0 Å². The molecule has 1 aromatic rings. The fraction of sp³-hybridized carbons (Fsp3) is 0.533. The lowest BCUT2D eigenvalue weighted by Gasteiger charge is -2.48. The Balaban J connectivity index is 1.86. The van der Waals surface area contributed by atoms with Gasteiger partial charge >= 0.3 is 6.09 Å². The Morgan fingerprint density at radius 3 is 2.37 bits per heavy atom. The smallest absolute Gasteiger partial charge is 0.410 e. The predicted octanol–water partition coefficient (Wildman–Crippen LogP) is 3.11. The normalized spacial score (nSPS) is 17.6. The van der Waals surface area contributed by atoms with Crippen molar-refractivity contribution in [3.63, 3.8) is 0 Å². The number of nitrogens with zero attached hydrogens (tertiary/aromatic N) is 1. The summed E-state index contributed by atoms with van der Waals surface area (Å²) in [6, 6.07) is 10.0. The van der Waals surface area contributed by atoms with Crippen LogP contribution < -0.4 is 5.32 Å². The van der Waals surface area contributed by atoms with Crippen molar-refractivity contribution < 1.29 is 9.53 Å². The summed E-state index contributed by atoms with van der Waals surface area (Å²) in [5, 5.41) is 3.45. The lowest BCUT2D eigenvalue weighted by Crippen LogP contribution is -2.66. The van der Waals surface area contributed by atoms with Gasteiger partial charge in [0, 0.05) is 18.8 Å². The van der Waals surface area contributed by atoms with E-state index in [4.69, 9.17) is 4.74 Å². The molecule has 1 saturated heterocycles. The third kappa shape index (κ3) is 3.63. The maximum atomic E-state index is 11.9. The van der Waals surface area contributed by atoms with E-state index in [1.165, 1.54) is 0 Å². The van der Waals surface area contributed by atoms with Crippen LogP contribution >= 0.6 is 0 Å². The molecule has 0 aliphatic carbocycles. The molecular weight excluding hydrogens is 240 g/mol. The lowest BCUT2D eigenvalue weighted by atomic mass is 9.92. The number of nitrogens with one attached hydrogen (secondary N) is 1. The first-order chi connectivity index (χ1) is 8.77. The predicted molar refractivity (Wildman–Crippen MR) is 76.3 cm³/mol. The molecule has 0 bridgehead atoms. The van der Waals surface area contributed by atoms with Crippen LogP contribution in [0.4, 0.5) is 10.5 Å². The largest absolute Gasteiger partial charge is 0.444 e. The number of ether oxygens (including phenoxy) is 1. The van der Waals surface area contributed by atoms with Gasteiger partial charge in [-0.1, -0.05) is 18.2 Å². The van der Waals surface area contributed by atoms with Crippen molar-refractivity contribution in [2.45, 2.75) is 38.8 Å². The van der Waals surface area contributed by atoms with Crippen molar-refractivity contribution in [3.8, 4) is 0 Å². The second kappa shape index (κ2) is 4.76. The number of carbonyl (C=O) groups excluding carboxylic acids is 1. The highest BCUT2D eigenvalue weighted by Gasteiger charge is 2.42. The molecule has 1 aliphatic rings. The number of likely N-dealkylation sites (tertiary alicyclic amines) is 1. The van der Waals surface area contributed by atoms with Crippen LogP contribution in [0.3, 0.4) is 0 Å². The average molecular weight is 262 g/mol. The van der Waals surface area contributed by atoms with E-state index >= 15 is 0 Å². The molecule has 0 saturated carbocycles. The van der Waals surface area contributed by atoms with Crippen LogP contribution in [0.25, 0.3) is 0 Å². The average Bonchev–Trinajstić information content (AvgIpc) is 2.24. The van der Waals surface area contributed by atoms with E-state index in [9.17, 15) is 4.79 Å². The topological polar surface area (TPSA) is 41.6 Å². The molecule has 1 heterocycles. The van der Waals surface area contributed by atoms with Gasteiger partial charge in [-0.3, -0.25) is 0 Å². The van der Waals surface area contributed by atoms with Crippen LogP contribution in [0, 0.1) is 0 Å². The molecule has 0 unspecified atom stereocenters. The third-order valence-corrected chi connectivity index (χ3v) is 2.95. The molecule has 0 spiro atoms. The Morgan fingerprint density at radius 2 is 1.84 bits per heavy atom. The van der Waals surface area contributed by atoms with Gasteiger partial charge in [0.2, 0.25) is 0 Å². The van der Waals surface area contributed by atoms with Gasteiger partial charge in [-0.25, -0.2) is 4.79 Å². The molecule has 1 aromatic carbocycles. The maximum absolute atomic E-state index is 11.9. The Bertz CT molecular complexity index is 445. The van der Waals surface area contributed by atoms with Gasteiger partial charge in [0.05, 0.1) is 5.54 Å². The first-order valence-electron chi connectivity index (χ1n) is 6.59. The van der Waals surface area contributed by atoms with Crippen molar-refractivity contribution in [1.82, 2.24) is 4.90 Å². The highest BCUT2D eigenvalue weighted by Crippen LogP contribution is 2.27.